The number of halogens is 1. The number of carbonyl (C=O) groups excluding carboxylic acids is 1. The van der Waals surface area contributed by atoms with Gasteiger partial charge in [-0.25, -0.2) is 9.37 Å². The summed E-state index contributed by atoms with van der Waals surface area (Å²) < 4.78 is 13.3. The Bertz CT molecular complexity index is 505. The number of aromatic amines is 1. The van der Waals surface area contributed by atoms with Gasteiger partial charge in [-0.1, -0.05) is 6.07 Å². The number of nitrogens with one attached hydrogen (secondary N) is 2. The van der Waals surface area contributed by atoms with E-state index in [9.17, 15) is 14.3 Å². The molecule has 6 heteroatoms. The second kappa shape index (κ2) is 4.65. The molecule has 88 valence electrons. The zero-order chi connectivity index (χ0) is 12.3. The zero-order valence-corrected chi connectivity index (χ0v) is 8.77. The molecule has 0 aliphatic rings. The molecule has 5 nitrogen and oxygen atoms in total. The molecule has 2 rings (SSSR count). The van der Waals surface area contributed by atoms with Crippen LogP contribution in [0.4, 0.5) is 4.39 Å². The van der Waals surface area contributed by atoms with Gasteiger partial charge in [0.25, 0.3) is 5.91 Å². The molecule has 0 saturated heterocycles. The number of phenols is 1. The summed E-state index contributed by atoms with van der Waals surface area (Å²) >= 11 is 0. The number of amides is 1. The van der Waals surface area contributed by atoms with Gasteiger partial charge in [0.1, 0.15) is 23.0 Å². The van der Waals surface area contributed by atoms with Crippen LogP contribution in [0.25, 0.3) is 0 Å². The summed E-state index contributed by atoms with van der Waals surface area (Å²) in [6.07, 6.45) is 3.16. The second-order valence-corrected chi connectivity index (χ2v) is 3.35. The first-order valence-electron chi connectivity index (χ1n) is 4.92. The number of phenolic OH excluding ortho intramolecular Hbond substituents is 1. The predicted molar refractivity (Wildman–Crippen MR) is 57.8 cm³/mol. The highest BCUT2D eigenvalue weighted by Gasteiger charge is 2.16. The van der Waals surface area contributed by atoms with Gasteiger partial charge in [-0.15, -0.1) is 0 Å². The van der Waals surface area contributed by atoms with E-state index in [4.69, 9.17) is 0 Å². The second-order valence-electron chi connectivity index (χ2n) is 3.35. The number of imidazole rings is 1. The molecule has 0 atom stereocenters. The Morgan fingerprint density at radius 2 is 2.35 bits per heavy atom. The highest BCUT2D eigenvalue weighted by molar-refractivity contribution is 5.96. The largest absolute Gasteiger partial charge is 0.507 e. The molecule has 0 spiro atoms. The Kier molecular flexibility index (Phi) is 3.04. The Morgan fingerprint density at radius 3 is 3.00 bits per heavy atom. The van der Waals surface area contributed by atoms with Gasteiger partial charge >= 0.3 is 0 Å². The van der Waals surface area contributed by atoms with Crippen molar-refractivity contribution in [1.82, 2.24) is 15.3 Å². The SMILES string of the molecule is O=C(NCc1ncc[nH]1)c1c(O)cccc1F. The van der Waals surface area contributed by atoms with Crippen molar-refractivity contribution in [3.05, 3.63) is 47.8 Å². The lowest BCUT2D eigenvalue weighted by Crippen LogP contribution is -2.24. The fourth-order valence-electron chi connectivity index (χ4n) is 1.38. The van der Waals surface area contributed by atoms with Crippen LogP contribution in [0, 0.1) is 5.82 Å². The van der Waals surface area contributed by atoms with Crippen molar-refractivity contribution >= 4 is 5.91 Å². The molecule has 1 amide bonds. The molecule has 0 saturated carbocycles. The number of nitrogens with zero attached hydrogens (tertiary/aromatic N) is 1. The molecular weight excluding hydrogens is 225 g/mol. The lowest BCUT2D eigenvalue weighted by atomic mass is 10.1. The first-order valence-corrected chi connectivity index (χ1v) is 4.92. The minimum absolute atomic E-state index is 0.138. The molecule has 0 aliphatic carbocycles. The maximum atomic E-state index is 13.3. The normalized spacial score (nSPS) is 10.2. The van der Waals surface area contributed by atoms with Crippen molar-refractivity contribution in [3.8, 4) is 5.75 Å². The Morgan fingerprint density at radius 1 is 1.53 bits per heavy atom. The van der Waals surface area contributed by atoms with E-state index in [1.165, 1.54) is 12.1 Å². The van der Waals surface area contributed by atoms with Crippen LogP contribution >= 0.6 is 0 Å². The van der Waals surface area contributed by atoms with Crippen molar-refractivity contribution in [2.75, 3.05) is 0 Å². The third-order valence-corrected chi connectivity index (χ3v) is 2.19. The topological polar surface area (TPSA) is 78.0 Å². The van der Waals surface area contributed by atoms with Gasteiger partial charge in [0.15, 0.2) is 0 Å². The molecule has 0 bridgehead atoms. The lowest BCUT2D eigenvalue weighted by molar-refractivity contribution is 0.0943. The Hall–Kier alpha value is -2.37. The van der Waals surface area contributed by atoms with E-state index in [2.05, 4.69) is 15.3 Å². The average Bonchev–Trinajstić information content (AvgIpc) is 2.79. The smallest absolute Gasteiger partial charge is 0.258 e. The van der Waals surface area contributed by atoms with Crippen molar-refractivity contribution in [3.63, 3.8) is 0 Å². The summed E-state index contributed by atoms with van der Waals surface area (Å²) in [6, 6.07) is 3.69. The van der Waals surface area contributed by atoms with Crippen LogP contribution in [0.2, 0.25) is 0 Å². The summed E-state index contributed by atoms with van der Waals surface area (Å²) in [5.41, 5.74) is -0.362. The minimum atomic E-state index is -0.762. The highest BCUT2D eigenvalue weighted by Crippen LogP contribution is 2.19. The van der Waals surface area contributed by atoms with Gasteiger partial charge in [0.05, 0.1) is 6.54 Å². The van der Waals surface area contributed by atoms with E-state index in [1.54, 1.807) is 12.4 Å². The van der Waals surface area contributed by atoms with E-state index in [1.807, 2.05) is 0 Å². The van der Waals surface area contributed by atoms with Gasteiger partial charge in [0.2, 0.25) is 0 Å². The van der Waals surface area contributed by atoms with E-state index in [-0.39, 0.29) is 17.9 Å². The number of aromatic hydroxyl groups is 1. The van der Waals surface area contributed by atoms with Crippen molar-refractivity contribution in [1.29, 1.82) is 0 Å². The molecule has 2 aromatic rings. The fraction of sp³-hybridized carbons (Fsp3) is 0.0909. The predicted octanol–water partition coefficient (Wildman–Crippen LogP) is 1.18. The molecule has 0 unspecified atom stereocenters. The van der Waals surface area contributed by atoms with Crippen LogP contribution < -0.4 is 5.32 Å². The lowest BCUT2D eigenvalue weighted by Gasteiger charge is -2.06. The van der Waals surface area contributed by atoms with Crippen molar-refractivity contribution in [2.24, 2.45) is 0 Å². The maximum absolute atomic E-state index is 13.3. The molecule has 0 fully saturated rings. The van der Waals surface area contributed by atoms with Crippen LogP contribution in [-0.2, 0) is 6.54 Å². The molecule has 17 heavy (non-hydrogen) atoms. The van der Waals surface area contributed by atoms with Gasteiger partial charge in [0, 0.05) is 12.4 Å². The molecule has 1 aromatic heterocycles. The fourth-order valence-corrected chi connectivity index (χ4v) is 1.38. The quantitative estimate of drug-likeness (QED) is 0.747. The van der Waals surface area contributed by atoms with Crippen LogP contribution in [0.1, 0.15) is 16.2 Å². The number of benzene rings is 1. The first kappa shape index (κ1) is 11.1. The number of hydrogen-bond donors (Lipinski definition) is 3. The molecular formula is C11H10FN3O2. The summed E-state index contributed by atoms with van der Waals surface area (Å²) in [5.74, 6) is -1.28. The molecule has 1 heterocycles. The summed E-state index contributed by atoms with van der Waals surface area (Å²) in [7, 11) is 0. The van der Waals surface area contributed by atoms with Crippen molar-refractivity contribution < 1.29 is 14.3 Å². The highest BCUT2D eigenvalue weighted by atomic mass is 19.1. The number of aromatic nitrogens is 2. The third-order valence-electron chi connectivity index (χ3n) is 2.19. The maximum Gasteiger partial charge on any atom is 0.258 e. The molecule has 1 aromatic carbocycles. The van der Waals surface area contributed by atoms with Crippen LogP contribution in [0.3, 0.4) is 0 Å². The van der Waals surface area contributed by atoms with Crippen LogP contribution in [-0.4, -0.2) is 21.0 Å². The average molecular weight is 235 g/mol. The van der Waals surface area contributed by atoms with Crippen molar-refractivity contribution in [2.45, 2.75) is 6.54 Å². The Balaban J connectivity index is 2.10. The summed E-state index contributed by atoms with van der Waals surface area (Å²) in [4.78, 5) is 18.3. The number of H-pyrrole nitrogens is 1. The molecule has 0 aliphatic heterocycles. The summed E-state index contributed by atoms with van der Waals surface area (Å²) in [6.45, 7) is 0.138. The standard InChI is InChI=1S/C11H10FN3O2/c12-7-2-1-3-8(16)10(7)11(17)15-6-9-13-4-5-14-9/h1-5,16H,6H2,(H,13,14)(H,15,17). The zero-order valence-electron chi connectivity index (χ0n) is 8.77. The minimum Gasteiger partial charge on any atom is -0.507 e. The number of hydrogen-bond acceptors (Lipinski definition) is 3. The van der Waals surface area contributed by atoms with Gasteiger partial charge < -0.3 is 15.4 Å². The van der Waals surface area contributed by atoms with E-state index < -0.39 is 11.7 Å². The first-order chi connectivity index (χ1) is 8.18. The van der Waals surface area contributed by atoms with E-state index in [0.717, 1.165) is 6.07 Å². The van der Waals surface area contributed by atoms with E-state index in [0.29, 0.717) is 5.82 Å². The van der Waals surface area contributed by atoms with Gasteiger partial charge in [-0.2, -0.15) is 0 Å². The summed E-state index contributed by atoms with van der Waals surface area (Å²) in [5, 5.41) is 11.8. The number of carbonyl (C=O) groups is 1. The van der Waals surface area contributed by atoms with Crippen LogP contribution in [0.15, 0.2) is 30.6 Å². The Labute approximate surface area is 96.3 Å². The van der Waals surface area contributed by atoms with Crippen LogP contribution in [0.5, 0.6) is 5.75 Å². The van der Waals surface area contributed by atoms with E-state index >= 15 is 0 Å². The molecule has 0 radical (unpaired) electrons. The molecule has 3 N–H and O–H groups in total. The monoisotopic (exact) mass is 235 g/mol. The third kappa shape index (κ3) is 2.41. The van der Waals surface area contributed by atoms with Gasteiger partial charge in [-0.3, -0.25) is 4.79 Å². The number of rotatable bonds is 3. The van der Waals surface area contributed by atoms with Gasteiger partial charge in [-0.05, 0) is 12.1 Å².